The molecule has 4 rings (SSSR count). The summed E-state index contributed by atoms with van der Waals surface area (Å²) in [7, 11) is 0. The normalized spacial score (nSPS) is 10.9. The smallest absolute Gasteiger partial charge is 0.153 e. The van der Waals surface area contributed by atoms with Crippen LogP contribution in [0.4, 0.5) is 11.6 Å². The molecular formula is C19H15N5O. The molecule has 5 N–H and O–H groups in total. The molecule has 6 nitrogen and oxygen atoms in total. The summed E-state index contributed by atoms with van der Waals surface area (Å²) < 4.78 is 0. The summed E-state index contributed by atoms with van der Waals surface area (Å²) in [6.07, 6.45) is 2.50. The van der Waals surface area contributed by atoms with E-state index in [1.54, 1.807) is 12.3 Å². The fourth-order valence-electron chi connectivity index (χ4n) is 2.94. The molecule has 0 amide bonds. The monoisotopic (exact) mass is 329 g/mol. The zero-order valence-corrected chi connectivity index (χ0v) is 13.2. The predicted octanol–water partition coefficient (Wildman–Crippen LogP) is 3.27. The van der Waals surface area contributed by atoms with Crippen molar-refractivity contribution in [3.63, 3.8) is 0 Å². The number of hydrogen-bond donors (Lipinski definition) is 3. The van der Waals surface area contributed by atoms with Gasteiger partial charge >= 0.3 is 0 Å². The summed E-state index contributed by atoms with van der Waals surface area (Å²) in [5, 5.41) is 7.92. The van der Waals surface area contributed by atoms with E-state index in [4.69, 9.17) is 11.5 Å². The van der Waals surface area contributed by atoms with Gasteiger partial charge in [-0.3, -0.25) is 9.89 Å². The van der Waals surface area contributed by atoms with E-state index in [1.807, 2.05) is 42.5 Å². The van der Waals surface area contributed by atoms with Crippen LogP contribution in [0.15, 0.2) is 54.7 Å². The quantitative estimate of drug-likeness (QED) is 0.500. The van der Waals surface area contributed by atoms with E-state index >= 15 is 0 Å². The number of aldehydes is 1. The van der Waals surface area contributed by atoms with E-state index in [1.165, 1.54) is 0 Å². The van der Waals surface area contributed by atoms with Crippen molar-refractivity contribution in [2.75, 3.05) is 11.5 Å². The standard InChI is InChI=1S/C19H15N5O/c20-17-9-12(4-5-22-17)14-7-15(13-3-1-2-11(6-13)10-25)18-16(8-14)19(21)24-23-18/h1-10H,(H2,20,22)(H3,21,23,24). The summed E-state index contributed by atoms with van der Waals surface area (Å²) in [6, 6.07) is 15.1. The molecule has 2 aromatic carbocycles. The number of carbonyl (C=O) groups is 1. The lowest BCUT2D eigenvalue weighted by molar-refractivity contribution is 0.112. The van der Waals surface area contributed by atoms with Crippen LogP contribution in [0.5, 0.6) is 0 Å². The molecular weight excluding hydrogens is 314 g/mol. The largest absolute Gasteiger partial charge is 0.384 e. The number of rotatable bonds is 3. The van der Waals surface area contributed by atoms with Crippen molar-refractivity contribution < 1.29 is 4.79 Å². The van der Waals surface area contributed by atoms with Gasteiger partial charge in [0.05, 0.1) is 5.52 Å². The third-order valence-electron chi connectivity index (χ3n) is 4.15. The molecule has 0 atom stereocenters. The molecule has 122 valence electrons. The van der Waals surface area contributed by atoms with Crippen LogP contribution in [0.3, 0.4) is 0 Å². The summed E-state index contributed by atoms with van der Waals surface area (Å²) in [6.45, 7) is 0. The molecule has 2 aromatic heterocycles. The van der Waals surface area contributed by atoms with Gasteiger partial charge in [0.1, 0.15) is 12.1 Å². The van der Waals surface area contributed by atoms with E-state index in [0.29, 0.717) is 17.2 Å². The van der Waals surface area contributed by atoms with Crippen molar-refractivity contribution in [1.82, 2.24) is 15.2 Å². The molecule has 0 fully saturated rings. The first-order valence-corrected chi connectivity index (χ1v) is 7.71. The van der Waals surface area contributed by atoms with Gasteiger partial charge in [0, 0.05) is 22.7 Å². The van der Waals surface area contributed by atoms with Gasteiger partial charge in [-0.2, -0.15) is 5.10 Å². The minimum absolute atomic E-state index is 0.423. The molecule has 0 aliphatic heterocycles. The van der Waals surface area contributed by atoms with Gasteiger partial charge in [0.2, 0.25) is 0 Å². The van der Waals surface area contributed by atoms with E-state index in [2.05, 4.69) is 15.2 Å². The zero-order chi connectivity index (χ0) is 17.4. The van der Waals surface area contributed by atoms with Crippen molar-refractivity contribution >= 4 is 28.8 Å². The number of nitrogens with two attached hydrogens (primary N) is 2. The highest BCUT2D eigenvalue weighted by molar-refractivity contribution is 6.02. The Bertz CT molecular complexity index is 1100. The molecule has 2 heterocycles. The number of benzene rings is 2. The van der Waals surface area contributed by atoms with E-state index in [0.717, 1.165) is 39.4 Å². The number of nitrogens with one attached hydrogen (secondary N) is 1. The van der Waals surface area contributed by atoms with Crippen LogP contribution in [0, 0.1) is 0 Å². The van der Waals surface area contributed by atoms with E-state index < -0.39 is 0 Å². The number of aromatic nitrogens is 3. The summed E-state index contributed by atoms with van der Waals surface area (Å²) >= 11 is 0. The maximum atomic E-state index is 11.1. The lowest BCUT2D eigenvalue weighted by Crippen LogP contribution is -1.91. The Labute approximate surface area is 143 Å². The Morgan fingerprint density at radius 2 is 1.84 bits per heavy atom. The maximum absolute atomic E-state index is 11.1. The second kappa shape index (κ2) is 5.76. The second-order valence-electron chi connectivity index (χ2n) is 5.77. The highest BCUT2D eigenvalue weighted by atomic mass is 16.1. The molecule has 0 aliphatic carbocycles. The van der Waals surface area contributed by atoms with Crippen LogP contribution in [0.2, 0.25) is 0 Å². The van der Waals surface area contributed by atoms with Crippen LogP contribution >= 0.6 is 0 Å². The van der Waals surface area contributed by atoms with Crippen molar-refractivity contribution in [3.8, 4) is 22.3 Å². The lowest BCUT2D eigenvalue weighted by atomic mass is 9.96. The number of nitrogens with zero attached hydrogens (tertiary/aromatic N) is 2. The SMILES string of the molecule is Nc1cc(-c2cc(-c3cccc(C=O)c3)c3[nH]nc(N)c3c2)ccn1. The first kappa shape index (κ1) is 14.9. The van der Waals surface area contributed by atoms with Gasteiger partial charge < -0.3 is 11.5 Å². The highest BCUT2D eigenvalue weighted by Crippen LogP contribution is 2.35. The maximum Gasteiger partial charge on any atom is 0.153 e. The van der Waals surface area contributed by atoms with Crippen molar-refractivity contribution in [3.05, 3.63) is 60.3 Å². The molecule has 0 unspecified atom stereocenters. The fourth-order valence-corrected chi connectivity index (χ4v) is 2.94. The molecule has 0 radical (unpaired) electrons. The number of fused-ring (bicyclic) bond motifs is 1. The van der Waals surface area contributed by atoms with Gasteiger partial charge in [-0.1, -0.05) is 18.2 Å². The van der Waals surface area contributed by atoms with E-state index in [9.17, 15) is 4.79 Å². The summed E-state index contributed by atoms with van der Waals surface area (Å²) in [5.41, 5.74) is 17.0. The van der Waals surface area contributed by atoms with Crippen LogP contribution in [0.25, 0.3) is 33.2 Å². The minimum Gasteiger partial charge on any atom is -0.384 e. The van der Waals surface area contributed by atoms with Crippen LogP contribution < -0.4 is 11.5 Å². The molecule has 0 aliphatic rings. The zero-order valence-electron chi connectivity index (χ0n) is 13.2. The Hall–Kier alpha value is -3.67. The van der Waals surface area contributed by atoms with Gasteiger partial charge in [0.25, 0.3) is 0 Å². The summed E-state index contributed by atoms with van der Waals surface area (Å²) in [4.78, 5) is 15.2. The Kier molecular flexibility index (Phi) is 3.43. The first-order valence-electron chi connectivity index (χ1n) is 7.71. The number of hydrogen-bond acceptors (Lipinski definition) is 5. The Morgan fingerprint density at radius 3 is 2.64 bits per heavy atom. The molecule has 4 aromatic rings. The Morgan fingerprint density at radius 1 is 0.960 bits per heavy atom. The number of H-pyrrole nitrogens is 1. The van der Waals surface area contributed by atoms with Crippen LogP contribution in [-0.2, 0) is 0 Å². The van der Waals surface area contributed by atoms with Gasteiger partial charge in [-0.15, -0.1) is 0 Å². The Balaban J connectivity index is 2.01. The number of carbonyl (C=O) groups excluding carboxylic acids is 1. The molecule has 0 saturated carbocycles. The topological polar surface area (TPSA) is 111 Å². The number of nitrogen functional groups attached to an aromatic ring is 2. The average molecular weight is 329 g/mol. The minimum atomic E-state index is 0.423. The van der Waals surface area contributed by atoms with Gasteiger partial charge in [-0.05, 0) is 47.0 Å². The van der Waals surface area contributed by atoms with Crippen molar-refractivity contribution in [2.45, 2.75) is 0 Å². The fraction of sp³-hybridized carbons (Fsp3) is 0. The van der Waals surface area contributed by atoms with E-state index in [-0.39, 0.29) is 0 Å². The van der Waals surface area contributed by atoms with Crippen LogP contribution in [0.1, 0.15) is 10.4 Å². The predicted molar refractivity (Wildman–Crippen MR) is 99.0 cm³/mol. The molecule has 0 saturated heterocycles. The van der Waals surface area contributed by atoms with Crippen molar-refractivity contribution in [1.29, 1.82) is 0 Å². The second-order valence-corrected chi connectivity index (χ2v) is 5.77. The molecule has 0 spiro atoms. The number of pyridine rings is 1. The summed E-state index contributed by atoms with van der Waals surface area (Å²) in [5.74, 6) is 0.869. The highest BCUT2D eigenvalue weighted by Gasteiger charge is 2.13. The number of anilines is 2. The lowest BCUT2D eigenvalue weighted by Gasteiger charge is -2.09. The molecule has 6 heteroatoms. The number of aromatic amines is 1. The van der Waals surface area contributed by atoms with Crippen molar-refractivity contribution in [2.24, 2.45) is 0 Å². The first-order chi connectivity index (χ1) is 12.2. The third-order valence-corrected chi connectivity index (χ3v) is 4.15. The molecule has 25 heavy (non-hydrogen) atoms. The molecule has 0 bridgehead atoms. The third kappa shape index (κ3) is 2.59. The average Bonchev–Trinajstić information content (AvgIpc) is 3.02. The van der Waals surface area contributed by atoms with Crippen LogP contribution in [-0.4, -0.2) is 21.5 Å². The van der Waals surface area contributed by atoms with Gasteiger partial charge in [0.15, 0.2) is 5.82 Å². The van der Waals surface area contributed by atoms with Gasteiger partial charge in [-0.25, -0.2) is 4.98 Å².